The summed E-state index contributed by atoms with van der Waals surface area (Å²) in [6.07, 6.45) is 4.05. The van der Waals surface area contributed by atoms with E-state index < -0.39 is 16.1 Å². The average Bonchev–Trinajstić information content (AvgIpc) is 3.36. The number of hydrogen-bond acceptors (Lipinski definition) is 9. The number of benzene rings is 1. The number of carbonyl (C=O) groups is 2. The molecular formula is C32H46N6O7S. The Balaban J connectivity index is 0.00000107. The lowest BCUT2D eigenvalue weighted by Crippen LogP contribution is -2.64. The first-order chi connectivity index (χ1) is 21.0. The number of pyridine rings is 1. The Kier molecular flexibility index (Phi) is 10.6. The van der Waals surface area contributed by atoms with E-state index in [0.29, 0.717) is 35.0 Å². The maximum absolute atomic E-state index is 12.8. The summed E-state index contributed by atoms with van der Waals surface area (Å²) >= 11 is 0. The van der Waals surface area contributed by atoms with Gasteiger partial charge in [0.15, 0.2) is 5.82 Å². The Labute approximate surface area is 271 Å². The predicted octanol–water partition coefficient (Wildman–Crippen LogP) is 6.19. The molecule has 4 rings (SSSR count). The summed E-state index contributed by atoms with van der Waals surface area (Å²) < 4.78 is 37.6. The Morgan fingerprint density at radius 3 is 1.91 bits per heavy atom. The van der Waals surface area contributed by atoms with Crippen LogP contribution >= 0.6 is 0 Å². The third kappa shape index (κ3) is 10.5. The van der Waals surface area contributed by atoms with Crippen molar-refractivity contribution in [1.82, 2.24) is 15.0 Å². The predicted molar refractivity (Wildman–Crippen MR) is 178 cm³/mol. The van der Waals surface area contributed by atoms with Crippen LogP contribution < -0.4 is 20.7 Å². The smallest absolute Gasteiger partial charge is 0.324 e. The van der Waals surface area contributed by atoms with Gasteiger partial charge in [-0.05, 0) is 78.1 Å². The van der Waals surface area contributed by atoms with Crippen LogP contribution in [0.15, 0.2) is 53.2 Å². The van der Waals surface area contributed by atoms with Crippen molar-refractivity contribution < 1.29 is 31.8 Å². The summed E-state index contributed by atoms with van der Waals surface area (Å²) in [6, 6.07) is 11.5. The van der Waals surface area contributed by atoms with E-state index >= 15 is 0 Å². The number of piperidine rings is 1. The summed E-state index contributed by atoms with van der Waals surface area (Å²) in [5, 5.41) is 12.1. The van der Waals surface area contributed by atoms with Crippen molar-refractivity contribution in [1.29, 1.82) is 0 Å². The fourth-order valence-electron chi connectivity index (χ4n) is 5.68. The molecule has 252 valence electrons. The van der Waals surface area contributed by atoms with Gasteiger partial charge in [0.1, 0.15) is 22.8 Å². The minimum Gasteiger partial charge on any atom is -0.486 e. The van der Waals surface area contributed by atoms with E-state index in [1.54, 1.807) is 48.7 Å². The fraction of sp³-hybridized carbons (Fsp3) is 0.500. The van der Waals surface area contributed by atoms with Gasteiger partial charge in [-0.25, -0.2) is 9.78 Å². The van der Waals surface area contributed by atoms with Crippen LogP contribution in [-0.4, -0.2) is 69.9 Å². The van der Waals surface area contributed by atoms with Crippen molar-refractivity contribution >= 4 is 39.2 Å². The third-order valence-corrected chi connectivity index (χ3v) is 7.65. The van der Waals surface area contributed by atoms with Crippen LogP contribution in [0, 0.1) is 0 Å². The number of hydrogen-bond donors (Lipinski definition) is 4. The Hall–Kier alpha value is -4.01. The molecular weight excluding hydrogens is 612 g/mol. The lowest BCUT2D eigenvalue weighted by Gasteiger charge is -2.57. The molecule has 0 bridgehead atoms. The Morgan fingerprint density at radius 1 is 0.935 bits per heavy atom. The minimum absolute atomic E-state index is 0.0220. The van der Waals surface area contributed by atoms with Gasteiger partial charge in [-0.15, -0.1) is 0 Å². The van der Waals surface area contributed by atoms with Crippen molar-refractivity contribution in [2.45, 2.75) is 90.3 Å². The van der Waals surface area contributed by atoms with Crippen LogP contribution in [0.5, 0.6) is 5.75 Å². The summed E-state index contributed by atoms with van der Waals surface area (Å²) in [5.41, 5.74) is 0.774. The molecule has 14 heteroatoms. The molecule has 3 heterocycles. The number of carbonyl (C=O) groups excluding carboxylic acids is 2. The van der Waals surface area contributed by atoms with Gasteiger partial charge in [0, 0.05) is 46.8 Å². The third-order valence-electron chi connectivity index (χ3n) is 7.65. The van der Waals surface area contributed by atoms with Gasteiger partial charge in [0.05, 0.1) is 12.5 Å². The molecule has 3 amide bonds. The number of ether oxygens (including phenoxy) is 1. The number of urea groups is 1. The molecule has 2 aromatic heterocycles. The topological polar surface area (TPSA) is 176 Å². The van der Waals surface area contributed by atoms with Gasteiger partial charge in [0.2, 0.25) is 0 Å². The molecule has 46 heavy (non-hydrogen) atoms. The van der Waals surface area contributed by atoms with Gasteiger partial charge in [0.25, 0.3) is 16.0 Å². The first-order valence-electron chi connectivity index (χ1n) is 14.7. The van der Waals surface area contributed by atoms with E-state index in [1.165, 1.54) is 0 Å². The van der Waals surface area contributed by atoms with Gasteiger partial charge in [-0.1, -0.05) is 25.9 Å². The molecule has 3 aromatic rings. The summed E-state index contributed by atoms with van der Waals surface area (Å²) in [5.74, 6) is 1.29. The van der Waals surface area contributed by atoms with Gasteiger partial charge >= 0.3 is 6.03 Å². The first kappa shape index (κ1) is 36.5. The second-order valence-corrected chi connectivity index (χ2v) is 15.6. The number of rotatable bonds is 6. The normalized spacial score (nSPS) is 17.2. The highest BCUT2D eigenvalue weighted by atomic mass is 32.2. The molecule has 0 saturated carbocycles. The maximum atomic E-state index is 12.8. The van der Waals surface area contributed by atoms with Crippen molar-refractivity contribution in [3.63, 3.8) is 0 Å². The highest BCUT2D eigenvalue weighted by Crippen LogP contribution is 2.44. The molecule has 0 spiro atoms. The lowest BCUT2D eigenvalue weighted by atomic mass is 9.72. The van der Waals surface area contributed by atoms with Crippen molar-refractivity contribution in [3.8, 4) is 5.75 Å². The largest absolute Gasteiger partial charge is 0.486 e. The molecule has 1 aliphatic heterocycles. The van der Waals surface area contributed by atoms with Crippen molar-refractivity contribution in [2.75, 3.05) is 29.3 Å². The van der Waals surface area contributed by atoms with Crippen molar-refractivity contribution in [3.05, 3.63) is 60.1 Å². The van der Waals surface area contributed by atoms with Crippen LogP contribution in [0.25, 0.3) is 0 Å². The fourth-order valence-corrected chi connectivity index (χ4v) is 5.68. The van der Waals surface area contributed by atoms with E-state index in [2.05, 4.69) is 72.7 Å². The molecule has 0 aliphatic carbocycles. The monoisotopic (exact) mass is 658 g/mol. The first-order valence-corrected chi connectivity index (χ1v) is 16.6. The second kappa shape index (κ2) is 13.4. The van der Waals surface area contributed by atoms with Crippen LogP contribution in [0.2, 0.25) is 0 Å². The number of likely N-dealkylation sites (tertiary alicyclic amines) is 1. The number of nitrogens with zero attached hydrogens (tertiary/aromatic N) is 3. The zero-order chi connectivity index (χ0) is 34.7. The minimum atomic E-state index is -3.67. The van der Waals surface area contributed by atoms with E-state index in [4.69, 9.17) is 13.8 Å². The molecule has 0 atom stereocenters. The van der Waals surface area contributed by atoms with Gasteiger partial charge in [-0.3, -0.25) is 19.6 Å². The highest BCUT2D eigenvalue weighted by molar-refractivity contribution is 7.85. The molecule has 13 nitrogen and oxygen atoms in total. The molecule has 4 N–H and O–H groups in total. The summed E-state index contributed by atoms with van der Waals surface area (Å²) in [4.78, 5) is 31.9. The van der Waals surface area contributed by atoms with Crippen LogP contribution in [0.1, 0.15) is 84.5 Å². The zero-order valence-electron chi connectivity index (χ0n) is 28.2. The van der Waals surface area contributed by atoms with Crippen LogP contribution in [-0.2, 0) is 15.5 Å². The van der Waals surface area contributed by atoms with E-state index in [0.717, 1.165) is 12.8 Å². The quantitative estimate of drug-likeness (QED) is 0.224. The van der Waals surface area contributed by atoms with Crippen molar-refractivity contribution in [2.24, 2.45) is 0 Å². The second-order valence-electron chi connectivity index (χ2n) is 14.1. The zero-order valence-corrected chi connectivity index (χ0v) is 29.0. The average molecular weight is 659 g/mol. The number of anilines is 3. The van der Waals surface area contributed by atoms with E-state index in [-0.39, 0.29) is 33.7 Å². The Bertz CT molecular complexity index is 1600. The summed E-state index contributed by atoms with van der Waals surface area (Å²) in [6.45, 7) is 17.1. The molecule has 0 unspecified atom stereocenters. The standard InChI is InChI=1S/C31H42N6O4.CH4O3S/c1-28(2,3)24-16-25(36-41-24)35-27(39)34-21-12-10-20(11-13-21)33-26(38)23-15-14-22(17-32-23)40-31(8)18-29(4,5)37(9)30(6,7)19-31;1-5(2,3)4/h10-17H,18-19H2,1-9H3,(H,33,38)(H2,34,35,36,39);1H3,(H,2,3,4). The van der Waals surface area contributed by atoms with E-state index in [9.17, 15) is 18.0 Å². The SMILES string of the molecule is CN1C(C)(C)CC(C)(Oc2ccc(C(=O)Nc3ccc(NC(=O)Nc4cc(C(C)(C)C)on4)cc3)nc2)CC1(C)C.CS(=O)(=O)O. The molecule has 1 saturated heterocycles. The van der Waals surface area contributed by atoms with Crippen LogP contribution in [0.3, 0.4) is 0 Å². The highest BCUT2D eigenvalue weighted by Gasteiger charge is 2.50. The molecule has 1 aliphatic rings. The number of nitrogens with one attached hydrogen (secondary N) is 3. The number of amides is 3. The maximum Gasteiger partial charge on any atom is 0.324 e. The van der Waals surface area contributed by atoms with Crippen LogP contribution in [0.4, 0.5) is 22.0 Å². The van der Waals surface area contributed by atoms with Gasteiger partial charge < -0.3 is 19.9 Å². The summed E-state index contributed by atoms with van der Waals surface area (Å²) in [7, 11) is -1.50. The van der Waals surface area contributed by atoms with Gasteiger partial charge in [-0.2, -0.15) is 8.42 Å². The lowest BCUT2D eigenvalue weighted by molar-refractivity contribution is -0.102. The number of aromatic nitrogens is 2. The molecule has 1 fully saturated rings. The molecule has 1 aromatic carbocycles. The van der Waals surface area contributed by atoms with E-state index in [1.807, 2.05) is 20.8 Å². The molecule has 0 radical (unpaired) electrons. The Morgan fingerprint density at radius 2 is 1.46 bits per heavy atom.